The average Bonchev–Trinajstić information content (AvgIpc) is 2.74. The van der Waals surface area contributed by atoms with E-state index in [1.54, 1.807) is 0 Å². The van der Waals surface area contributed by atoms with E-state index in [1.807, 2.05) is 55.5 Å². The van der Waals surface area contributed by atoms with Crippen molar-refractivity contribution in [1.82, 2.24) is 4.90 Å². The Balaban J connectivity index is 1.71. The lowest BCUT2D eigenvalue weighted by atomic mass is 9.84. The number of carbonyl (C=O) groups is 1. The number of hydrogen-bond donors (Lipinski definition) is 0. The number of likely N-dealkylation sites (N-methyl/N-ethyl adjacent to an activating group) is 1. The number of Topliss-reactive ketones (excluding diaryl/α,β-unsaturated/α-hetero) is 1. The quantitative estimate of drug-likeness (QED) is 0.529. The van der Waals surface area contributed by atoms with Crippen molar-refractivity contribution >= 4 is 5.78 Å². The number of ether oxygens (including phenoxy) is 1. The smallest absolute Gasteiger partial charge is 0.165 e. The van der Waals surface area contributed by atoms with Gasteiger partial charge in [0.15, 0.2) is 5.78 Å². The van der Waals surface area contributed by atoms with Gasteiger partial charge in [-0.05, 0) is 37.7 Å². The van der Waals surface area contributed by atoms with Crippen LogP contribution in [0.1, 0.15) is 57.3 Å². The molecule has 3 aromatic carbocycles. The monoisotopic (exact) mass is 385 g/mol. The number of hydrogen-bond acceptors (Lipinski definition) is 3. The molecule has 0 radical (unpaired) electrons. The topological polar surface area (TPSA) is 29.5 Å². The number of carbonyl (C=O) groups excluding carboxylic acids is 1. The Bertz CT molecular complexity index is 979. The normalized spacial score (nSPS) is 21.0. The van der Waals surface area contributed by atoms with Gasteiger partial charge in [0.1, 0.15) is 6.10 Å². The zero-order valence-corrected chi connectivity index (χ0v) is 17.2. The van der Waals surface area contributed by atoms with Crippen LogP contribution in [-0.2, 0) is 4.74 Å². The number of fused-ring (bicyclic) bond motifs is 1. The number of aryl methyl sites for hydroxylation is 1. The molecule has 0 saturated carbocycles. The maximum atomic E-state index is 13.0. The third kappa shape index (κ3) is 4.02. The summed E-state index contributed by atoms with van der Waals surface area (Å²) in [5.41, 5.74) is 5.37. The first-order chi connectivity index (χ1) is 14.0. The molecule has 0 spiro atoms. The first-order valence-corrected chi connectivity index (χ1v) is 10.1. The Labute approximate surface area is 172 Å². The van der Waals surface area contributed by atoms with Gasteiger partial charge in [-0.2, -0.15) is 0 Å². The van der Waals surface area contributed by atoms with E-state index in [9.17, 15) is 4.79 Å². The van der Waals surface area contributed by atoms with Crippen LogP contribution in [0.4, 0.5) is 0 Å². The van der Waals surface area contributed by atoms with Crippen molar-refractivity contribution in [2.45, 2.75) is 31.6 Å². The molecular weight excluding hydrogens is 358 g/mol. The van der Waals surface area contributed by atoms with Gasteiger partial charge in [0.2, 0.25) is 0 Å². The summed E-state index contributed by atoms with van der Waals surface area (Å²) in [6, 6.07) is 26.6. The summed E-state index contributed by atoms with van der Waals surface area (Å²) in [7, 11) is 4.16. The summed E-state index contributed by atoms with van der Waals surface area (Å²) in [4.78, 5) is 15.2. The van der Waals surface area contributed by atoms with Crippen LogP contribution in [0, 0.1) is 6.92 Å². The fourth-order valence-corrected chi connectivity index (χ4v) is 4.20. The summed E-state index contributed by atoms with van der Waals surface area (Å²) < 4.78 is 6.63. The second kappa shape index (κ2) is 8.32. The van der Waals surface area contributed by atoms with Gasteiger partial charge in [0, 0.05) is 12.0 Å². The van der Waals surface area contributed by atoms with Crippen LogP contribution < -0.4 is 0 Å². The average molecular weight is 386 g/mol. The van der Waals surface area contributed by atoms with E-state index < -0.39 is 0 Å². The van der Waals surface area contributed by atoms with Gasteiger partial charge >= 0.3 is 0 Å². The molecule has 29 heavy (non-hydrogen) atoms. The standard InChI is InChI=1S/C26H27NO2/c1-18-13-15-19(16-14-18)23(28)17-24-21-11-7-8-12-22(21)25(27(2)3)26(29-24)20-9-5-4-6-10-20/h4-16,24-26H,17H2,1-3H3/t24-,25+,26-/m1/s1. The summed E-state index contributed by atoms with van der Waals surface area (Å²) in [6.45, 7) is 2.03. The Kier molecular flexibility index (Phi) is 5.61. The number of benzene rings is 3. The summed E-state index contributed by atoms with van der Waals surface area (Å²) in [6.07, 6.45) is -0.0536. The Hall–Kier alpha value is -2.75. The first kappa shape index (κ1) is 19.6. The molecule has 0 aromatic heterocycles. The number of rotatable bonds is 5. The van der Waals surface area contributed by atoms with Crippen molar-refractivity contribution in [3.8, 4) is 0 Å². The highest BCUT2D eigenvalue weighted by molar-refractivity contribution is 5.96. The Morgan fingerprint density at radius 3 is 2.14 bits per heavy atom. The van der Waals surface area contributed by atoms with Crippen molar-refractivity contribution in [1.29, 1.82) is 0 Å². The van der Waals surface area contributed by atoms with E-state index in [-0.39, 0.29) is 24.0 Å². The van der Waals surface area contributed by atoms with E-state index in [1.165, 1.54) is 5.56 Å². The van der Waals surface area contributed by atoms with E-state index in [4.69, 9.17) is 4.74 Å². The highest BCUT2D eigenvalue weighted by Gasteiger charge is 2.38. The van der Waals surface area contributed by atoms with Gasteiger partial charge < -0.3 is 4.74 Å². The first-order valence-electron chi connectivity index (χ1n) is 10.1. The second-order valence-electron chi connectivity index (χ2n) is 7.99. The van der Waals surface area contributed by atoms with Crippen LogP contribution >= 0.6 is 0 Å². The molecule has 148 valence electrons. The van der Waals surface area contributed by atoms with Crippen molar-refractivity contribution in [2.24, 2.45) is 0 Å². The predicted molar refractivity (Wildman–Crippen MR) is 116 cm³/mol. The maximum absolute atomic E-state index is 13.0. The molecule has 0 unspecified atom stereocenters. The zero-order chi connectivity index (χ0) is 20.4. The maximum Gasteiger partial charge on any atom is 0.165 e. The molecule has 4 rings (SSSR count). The lowest BCUT2D eigenvalue weighted by molar-refractivity contribution is -0.0718. The van der Waals surface area contributed by atoms with E-state index in [0.717, 1.165) is 22.3 Å². The van der Waals surface area contributed by atoms with E-state index in [0.29, 0.717) is 6.42 Å². The zero-order valence-electron chi connectivity index (χ0n) is 17.2. The molecule has 3 heteroatoms. The van der Waals surface area contributed by atoms with Crippen LogP contribution in [0.2, 0.25) is 0 Å². The SMILES string of the molecule is Cc1ccc(C(=O)C[C@H]2O[C@H](c3ccccc3)[C@@H](N(C)C)c3ccccc32)cc1. The lowest BCUT2D eigenvalue weighted by Gasteiger charge is -2.41. The summed E-state index contributed by atoms with van der Waals surface area (Å²) in [5, 5.41) is 0. The van der Waals surface area contributed by atoms with Crippen molar-refractivity contribution in [3.63, 3.8) is 0 Å². The van der Waals surface area contributed by atoms with Crippen molar-refractivity contribution in [3.05, 3.63) is 107 Å². The lowest BCUT2D eigenvalue weighted by Crippen LogP contribution is -2.34. The van der Waals surface area contributed by atoms with Gasteiger partial charge in [0.25, 0.3) is 0 Å². The molecule has 1 aliphatic rings. The van der Waals surface area contributed by atoms with Gasteiger partial charge in [-0.15, -0.1) is 0 Å². The fraction of sp³-hybridized carbons (Fsp3) is 0.269. The van der Waals surface area contributed by atoms with Crippen molar-refractivity contribution < 1.29 is 9.53 Å². The molecular formula is C26H27NO2. The second-order valence-corrected chi connectivity index (χ2v) is 7.99. The third-order valence-electron chi connectivity index (χ3n) is 5.69. The molecule has 1 aliphatic heterocycles. The number of nitrogens with zero attached hydrogens (tertiary/aromatic N) is 1. The minimum Gasteiger partial charge on any atom is -0.363 e. The molecule has 3 aromatic rings. The fourth-order valence-electron chi connectivity index (χ4n) is 4.20. The van der Waals surface area contributed by atoms with Crippen LogP contribution in [0.15, 0.2) is 78.9 Å². The minimum atomic E-state index is -0.263. The van der Waals surface area contributed by atoms with E-state index >= 15 is 0 Å². The molecule has 3 nitrogen and oxygen atoms in total. The van der Waals surface area contributed by atoms with Gasteiger partial charge in [-0.1, -0.05) is 84.4 Å². The highest BCUT2D eigenvalue weighted by Crippen LogP contribution is 2.47. The Morgan fingerprint density at radius 1 is 0.862 bits per heavy atom. The minimum absolute atomic E-state index is 0.0966. The molecule has 0 bridgehead atoms. The highest BCUT2D eigenvalue weighted by atomic mass is 16.5. The van der Waals surface area contributed by atoms with Crippen LogP contribution in [0.3, 0.4) is 0 Å². The summed E-state index contributed by atoms with van der Waals surface area (Å²) in [5.74, 6) is 0.111. The van der Waals surface area contributed by atoms with Gasteiger partial charge in [-0.25, -0.2) is 0 Å². The molecule has 0 amide bonds. The summed E-state index contributed by atoms with van der Waals surface area (Å²) >= 11 is 0. The van der Waals surface area contributed by atoms with Gasteiger partial charge in [-0.3, -0.25) is 9.69 Å². The molecule has 1 heterocycles. The van der Waals surface area contributed by atoms with Crippen LogP contribution in [-0.4, -0.2) is 24.8 Å². The van der Waals surface area contributed by atoms with E-state index in [2.05, 4.69) is 49.3 Å². The predicted octanol–water partition coefficient (Wildman–Crippen LogP) is 5.68. The largest absolute Gasteiger partial charge is 0.363 e. The third-order valence-corrected chi connectivity index (χ3v) is 5.69. The van der Waals surface area contributed by atoms with Crippen molar-refractivity contribution in [2.75, 3.05) is 14.1 Å². The van der Waals surface area contributed by atoms with Gasteiger partial charge in [0.05, 0.1) is 12.1 Å². The molecule has 0 saturated heterocycles. The molecule has 0 N–H and O–H groups in total. The van der Waals surface area contributed by atoms with Crippen LogP contribution in [0.25, 0.3) is 0 Å². The Morgan fingerprint density at radius 2 is 1.48 bits per heavy atom. The molecule has 3 atom stereocenters. The number of ketones is 1. The molecule has 0 fully saturated rings. The van der Waals surface area contributed by atoms with Crippen LogP contribution in [0.5, 0.6) is 0 Å². The molecule has 0 aliphatic carbocycles.